The van der Waals surface area contributed by atoms with Crippen LogP contribution in [-0.4, -0.2) is 19.0 Å². The number of thioether (sulfide) groups is 1. The molecule has 2 aromatic carbocycles. The topological polar surface area (TPSA) is 18.5 Å². The Morgan fingerprint density at radius 3 is 1.74 bits per heavy atom. The first kappa shape index (κ1) is 17.5. The number of methoxy groups -OCH3 is 2. The molecule has 0 aliphatic heterocycles. The second-order valence-electron chi connectivity index (χ2n) is 6.22. The molecule has 0 saturated heterocycles. The van der Waals surface area contributed by atoms with Crippen molar-refractivity contribution in [3.05, 3.63) is 59.7 Å². The summed E-state index contributed by atoms with van der Waals surface area (Å²) in [6.45, 7) is 6.68. The zero-order valence-corrected chi connectivity index (χ0v) is 15.2. The highest BCUT2D eigenvalue weighted by atomic mass is 32.2. The minimum absolute atomic E-state index is 0.137. The lowest BCUT2D eigenvalue weighted by Gasteiger charge is -2.20. The van der Waals surface area contributed by atoms with Crippen LogP contribution in [0.1, 0.15) is 31.9 Å². The van der Waals surface area contributed by atoms with E-state index in [1.807, 2.05) is 36.0 Å². The van der Waals surface area contributed by atoms with Crippen LogP contribution in [0.25, 0.3) is 11.0 Å². The van der Waals surface area contributed by atoms with Gasteiger partial charge in [-0.15, -0.1) is 11.8 Å². The van der Waals surface area contributed by atoms with E-state index >= 15 is 0 Å². The van der Waals surface area contributed by atoms with Gasteiger partial charge in [0.25, 0.3) is 0 Å². The fraction of sp³-hybridized carbons (Fsp3) is 0.300. The van der Waals surface area contributed by atoms with E-state index in [1.165, 1.54) is 10.5 Å². The molecule has 0 spiro atoms. The Hall–Kier alpha value is -1.87. The maximum Gasteiger partial charge on any atom is 0.118 e. The van der Waals surface area contributed by atoms with Crippen LogP contribution in [0.3, 0.4) is 0 Å². The molecule has 0 aliphatic carbocycles. The minimum Gasteiger partial charge on any atom is -0.497 e. The predicted octanol–water partition coefficient (Wildman–Crippen LogP) is 5.73. The molecule has 23 heavy (non-hydrogen) atoms. The lowest BCUT2D eigenvalue weighted by Crippen LogP contribution is -2.07. The molecule has 0 unspecified atom stereocenters. The average Bonchev–Trinajstić information content (AvgIpc) is 2.54. The van der Waals surface area contributed by atoms with Crippen molar-refractivity contribution in [1.29, 1.82) is 0 Å². The maximum atomic E-state index is 5.25. The van der Waals surface area contributed by atoms with E-state index in [9.17, 15) is 0 Å². The zero-order chi connectivity index (χ0) is 16.9. The summed E-state index contributed by atoms with van der Waals surface area (Å²) < 4.78 is 10.6. The molecule has 0 amide bonds. The summed E-state index contributed by atoms with van der Waals surface area (Å²) in [5.41, 5.74) is 2.36. The second-order valence-corrected chi connectivity index (χ2v) is 8.09. The molecule has 0 atom stereocenters. The second kappa shape index (κ2) is 7.60. The SMILES string of the molecule is COc1ccc(C=C(SC(C)(C)C)c2ccc(OC)cc2)cc1. The quantitative estimate of drug-likeness (QED) is 0.653. The Labute approximate surface area is 143 Å². The smallest absolute Gasteiger partial charge is 0.118 e. The van der Waals surface area contributed by atoms with Gasteiger partial charge in [-0.1, -0.05) is 45.0 Å². The Bertz CT molecular complexity index is 650. The van der Waals surface area contributed by atoms with Crippen LogP contribution >= 0.6 is 11.8 Å². The number of hydrogen-bond acceptors (Lipinski definition) is 3. The van der Waals surface area contributed by atoms with Crippen molar-refractivity contribution in [3.63, 3.8) is 0 Å². The molecular formula is C20H24O2S. The van der Waals surface area contributed by atoms with Crippen LogP contribution in [0.2, 0.25) is 0 Å². The lowest BCUT2D eigenvalue weighted by molar-refractivity contribution is 0.414. The van der Waals surface area contributed by atoms with Crippen molar-refractivity contribution < 1.29 is 9.47 Å². The van der Waals surface area contributed by atoms with Gasteiger partial charge in [0, 0.05) is 9.65 Å². The van der Waals surface area contributed by atoms with Crippen LogP contribution < -0.4 is 9.47 Å². The van der Waals surface area contributed by atoms with Gasteiger partial charge in [-0.2, -0.15) is 0 Å². The Morgan fingerprint density at radius 1 is 0.826 bits per heavy atom. The van der Waals surface area contributed by atoms with Gasteiger partial charge in [-0.25, -0.2) is 0 Å². The largest absolute Gasteiger partial charge is 0.497 e. The van der Waals surface area contributed by atoms with Crippen LogP contribution in [0.15, 0.2) is 48.5 Å². The number of benzene rings is 2. The van der Waals surface area contributed by atoms with E-state index in [2.05, 4.69) is 51.1 Å². The molecule has 2 aromatic rings. The summed E-state index contributed by atoms with van der Waals surface area (Å²) in [6.07, 6.45) is 2.22. The average molecular weight is 328 g/mol. The number of ether oxygens (including phenoxy) is 2. The molecule has 2 rings (SSSR count). The van der Waals surface area contributed by atoms with E-state index in [4.69, 9.17) is 9.47 Å². The van der Waals surface area contributed by atoms with Gasteiger partial charge in [0.05, 0.1) is 14.2 Å². The molecule has 0 radical (unpaired) electrons. The number of hydrogen-bond donors (Lipinski definition) is 0. The zero-order valence-electron chi connectivity index (χ0n) is 14.4. The predicted molar refractivity (Wildman–Crippen MR) is 101 cm³/mol. The van der Waals surface area contributed by atoms with Gasteiger partial charge in [0.1, 0.15) is 11.5 Å². The van der Waals surface area contributed by atoms with E-state index in [1.54, 1.807) is 14.2 Å². The fourth-order valence-electron chi connectivity index (χ4n) is 2.11. The third-order valence-corrected chi connectivity index (χ3v) is 4.39. The summed E-state index contributed by atoms with van der Waals surface area (Å²) in [5.74, 6) is 1.75. The van der Waals surface area contributed by atoms with Gasteiger partial charge in [-0.3, -0.25) is 0 Å². The minimum atomic E-state index is 0.137. The van der Waals surface area contributed by atoms with Crippen molar-refractivity contribution in [2.45, 2.75) is 25.5 Å². The molecule has 0 bridgehead atoms. The molecule has 0 N–H and O–H groups in total. The van der Waals surface area contributed by atoms with Gasteiger partial charge in [0.2, 0.25) is 0 Å². The summed E-state index contributed by atoms with van der Waals surface area (Å²) in [4.78, 5) is 1.24. The molecule has 3 heteroatoms. The maximum absolute atomic E-state index is 5.25. The van der Waals surface area contributed by atoms with E-state index in [-0.39, 0.29) is 4.75 Å². The van der Waals surface area contributed by atoms with Crippen LogP contribution in [0, 0.1) is 0 Å². The summed E-state index contributed by atoms with van der Waals surface area (Å²) in [6, 6.07) is 16.3. The molecule has 0 saturated carbocycles. The van der Waals surface area contributed by atoms with Gasteiger partial charge >= 0.3 is 0 Å². The molecular weight excluding hydrogens is 304 g/mol. The molecule has 122 valence electrons. The van der Waals surface area contributed by atoms with Crippen molar-refractivity contribution in [3.8, 4) is 11.5 Å². The third-order valence-electron chi connectivity index (χ3n) is 3.20. The fourth-order valence-corrected chi connectivity index (χ4v) is 3.22. The monoisotopic (exact) mass is 328 g/mol. The van der Waals surface area contributed by atoms with Gasteiger partial charge < -0.3 is 9.47 Å². The Kier molecular flexibility index (Phi) is 5.78. The van der Waals surface area contributed by atoms with Gasteiger partial charge in [0.15, 0.2) is 0 Å². The third kappa shape index (κ3) is 5.36. The highest BCUT2D eigenvalue weighted by molar-refractivity contribution is 8.09. The summed E-state index contributed by atoms with van der Waals surface area (Å²) in [7, 11) is 3.37. The first-order chi connectivity index (χ1) is 10.9. The highest BCUT2D eigenvalue weighted by Gasteiger charge is 2.15. The molecule has 2 nitrogen and oxygen atoms in total. The highest BCUT2D eigenvalue weighted by Crippen LogP contribution is 2.39. The first-order valence-electron chi connectivity index (χ1n) is 7.60. The summed E-state index contributed by atoms with van der Waals surface area (Å²) in [5, 5.41) is 0. The van der Waals surface area contributed by atoms with Crippen LogP contribution in [0.4, 0.5) is 0 Å². The van der Waals surface area contributed by atoms with Crippen molar-refractivity contribution in [1.82, 2.24) is 0 Å². The Balaban J connectivity index is 2.37. The molecule has 0 heterocycles. The standard InChI is InChI=1S/C20H24O2S/c1-20(2,3)23-19(16-8-12-18(22-5)13-9-16)14-15-6-10-17(21-4)11-7-15/h6-14H,1-5H3. The molecule has 0 aliphatic rings. The van der Waals surface area contributed by atoms with Crippen LogP contribution in [0.5, 0.6) is 11.5 Å². The normalized spacial score (nSPS) is 12.1. The van der Waals surface area contributed by atoms with E-state index in [0.29, 0.717) is 0 Å². The van der Waals surface area contributed by atoms with Gasteiger partial charge in [-0.05, 0) is 41.5 Å². The van der Waals surface area contributed by atoms with Crippen molar-refractivity contribution in [2.24, 2.45) is 0 Å². The molecule has 0 fully saturated rings. The Morgan fingerprint density at radius 2 is 1.30 bits per heavy atom. The first-order valence-corrected chi connectivity index (χ1v) is 8.42. The van der Waals surface area contributed by atoms with Crippen molar-refractivity contribution in [2.75, 3.05) is 14.2 Å². The van der Waals surface area contributed by atoms with E-state index < -0.39 is 0 Å². The lowest BCUT2D eigenvalue weighted by atomic mass is 10.1. The van der Waals surface area contributed by atoms with Crippen LogP contribution in [-0.2, 0) is 0 Å². The number of rotatable bonds is 5. The van der Waals surface area contributed by atoms with E-state index in [0.717, 1.165) is 17.1 Å². The summed E-state index contributed by atoms with van der Waals surface area (Å²) >= 11 is 1.86. The molecule has 0 aromatic heterocycles. The van der Waals surface area contributed by atoms with Crippen molar-refractivity contribution >= 4 is 22.7 Å².